The van der Waals surface area contributed by atoms with Crippen LogP contribution in [0.15, 0.2) is 23.5 Å². The minimum atomic E-state index is -4.83. The lowest BCUT2D eigenvalue weighted by Gasteiger charge is -2.32. The maximum atomic E-state index is 12.6. The zero-order valence-electron chi connectivity index (χ0n) is 16.6. The Bertz CT molecular complexity index is 793. The molecule has 12 heteroatoms. The molecule has 1 saturated heterocycles. The predicted molar refractivity (Wildman–Crippen MR) is 101 cm³/mol. The summed E-state index contributed by atoms with van der Waals surface area (Å²) < 4.78 is 48.0. The van der Waals surface area contributed by atoms with Crippen LogP contribution < -0.4 is 10.5 Å². The summed E-state index contributed by atoms with van der Waals surface area (Å²) in [5, 5.41) is 8.78. The number of halogens is 3. The number of aliphatic imine (C=N–C) groups is 1. The Labute approximate surface area is 171 Å². The number of hydrogen-bond donors (Lipinski definition) is 2. The molecule has 0 aliphatic carbocycles. The van der Waals surface area contributed by atoms with E-state index in [4.69, 9.17) is 15.6 Å². The second-order valence-corrected chi connectivity index (χ2v) is 6.55. The quantitative estimate of drug-likeness (QED) is 0.656. The average molecular weight is 431 g/mol. The van der Waals surface area contributed by atoms with Crippen LogP contribution in [0.4, 0.5) is 18.0 Å². The van der Waals surface area contributed by atoms with Crippen molar-refractivity contribution in [3.05, 3.63) is 29.7 Å². The van der Waals surface area contributed by atoms with Crippen LogP contribution in [-0.2, 0) is 4.74 Å². The van der Waals surface area contributed by atoms with Crippen molar-refractivity contribution in [2.24, 2.45) is 10.7 Å². The van der Waals surface area contributed by atoms with Gasteiger partial charge in [-0.05, 0) is 24.8 Å². The second kappa shape index (κ2) is 10.2. The van der Waals surface area contributed by atoms with Gasteiger partial charge in [-0.1, -0.05) is 0 Å². The number of rotatable bonds is 6. The van der Waals surface area contributed by atoms with E-state index in [2.05, 4.69) is 19.7 Å². The molecule has 0 unspecified atom stereocenters. The van der Waals surface area contributed by atoms with Crippen molar-refractivity contribution in [3.63, 3.8) is 0 Å². The normalized spacial score (nSPS) is 17.3. The van der Waals surface area contributed by atoms with Crippen LogP contribution in [0.1, 0.15) is 24.1 Å². The molecule has 2 heterocycles. The number of allylic oxidation sites excluding steroid dienone is 1. The van der Waals surface area contributed by atoms with E-state index in [1.54, 1.807) is 19.3 Å². The van der Waals surface area contributed by atoms with Crippen molar-refractivity contribution in [3.8, 4) is 6.01 Å². The molecule has 0 aromatic carbocycles. The van der Waals surface area contributed by atoms with Gasteiger partial charge in [0.2, 0.25) is 6.10 Å². The first-order valence-corrected chi connectivity index (χ1v) is 9.18. The Morgan fingerprint density at radius 1 is 1.47 bits per heavy atom. The number of aromatic nitrogens is 2. The summed E-state index contributed by atoms with van der Waals surface area (Å²) in [6, 6.07) is 0.126. The van der Waals surface area contributed by atoms with Crippen LogP contribution in [-0.4, -0.2) is 76.9 Å². The van der Waals surface area contributed by atoms with Crippen molar-refractivity contribution < 1.29 is 32.5 Å². The highest BCUT2D eigenvalue weighted by atomic mass is 19.4. The van der Waals surface area contributed by atoms with E-state index in [9.17, 15) is 18.0 Å². The maximum absolute atomic E-state index is 12.6. The van der Waals surface area contributed by atoms with E-state index in [-0.39, 0.29) is 25.2 Å². The molecular formula is C18H24F3N5O4. The van der Waals surface area contributed by atoms with Gasteiger partial charge in [0.05, 0.1) is 18.0 Å². The van der Waals surface area contributed by atoms with E-state index in [1.165, 1.54) is 6.20 Å². The van der Waals surface area contributed by atoms with Crippen LogP contribution in [0.25, 0.3) is 0 Å². The minimum absolute atomic E-state index is 0.126. The summed E-state index contributed by atoms with van der Waals surface area (Å²) in [6.45, 7) is 0.759. The summed E-state index contributed by atoms with van der Waals surface area (Å²) in [5.41, 5.74) is 7.33. The summed E-state index contributed by atoms with van der Waals surface area (Å²) in [6.07, 6.45) is -3.58. The zero-order valence-corrected chi connectivity index (χ0v) is 16.6. The van der Waals surface area contributed by atoms with E-state index in [0.29, 0.717) is 24.2 Å². The Hall–Kier alpha value is -2.89. The molecule has 1 fully saturated rings. The number of piperidine rings is 1. The molecule has 0 spiro atoms. The Balaban J connectivity index is 1.96. The third kappa shape index (κ3) is 6.05. The number of aryl methyl sites for hydroxylation is 1. The number of carbonyl (C=O) groups excluding carboxylic acids is 1. The number of nitrogens with two attached hydrogens (primary N) is 1. The molecule has 0 bridgehead atoms. The number of likely N-dealkylation sites (tertiary alicyclic amines) is 1. The molecular weight excluding hydrogens is 407 g/mol. The van der Waals surface area contributed by atoms with Crippen LogP contribution in [0.5, 0.6) is 6.01 Å². The fourth-order valence-corrected chi connectivity index (χ4v) is 2.80. The molecule has 1 aliphatic rings. The fourth-order valence-electron chi connectivity index (χ4n) is 2.80. The Morgan fingerprint density at radius 3 is 2.67 bits per heavy atom. The van der Waals surface area contributed by atoms with E-state index in [1.807, 2.05) is 6.92 Å². The van der Waals surface area contributed by atoms with Crippen molar-refractivity contribution in [1.82, 2.24) is 14.9 Å². The van der Waals surface area contributed by atoms with E-state index in [0.717, 1.165) is 10.5 Å². The van der Waals surface area contributed by atoms with Gasteiger partial charge in [-0.15, -0.1) is 0 Å². The molecule has 0 radical (unpaired) electrons. The topological polar surface area (TPSA) is 123 Å². The van der Waals surface area contributed by atoms with Gasteiger partial charge in [-0.2, -0.15) is 18.2 Å². The lowest BCUT2D eigenvalue weighted by atomic mass is 10.1. The summed E-state index contributed by atoms with van der Waals surface area (Å²) in [7, 11) is 1.60. The third-order valence-electron chi connectivity index (χ3n) is 4.43. The third-order valence-corrected chi connectivity index (χ3v) is 4.43. The van der Waals surface area contributed by atoms with Gasteiger partial charge in [-0.3, -0.25) is 4.99 Å². The largest absolute Gasteiger partial charge is 0.460 e. The van der Waals surface area contributed by atoms with Gasteiger partial charge in [-0.25, -0.2) is 9.78 Å². The summed E-state index contributed by atoms with van der Waals surface area (Å²) in [4.78, 5) is 25.7. The van der Waals surface area contributed by atoms with Crippen LogP contribution >= 0.6 is 0 Å². The van der Waals surface area contributed by atoms with Crippen molar-refractivity contribution in [2.75, 3.05) is 26.7 Å². The fraction of sp³-hybridized carbons (Fsp3) is 0.556. The number of hydrogen-bond acceptors (Lipinski definition) is 8. The number of alkyl halides is 3. The van der Waals surface area contributed by atoms with Crippen LogP contribution in [0, 0.1) is 6.92 Å². The molecule has 9 nitrogen and oxygen atoms in total. The Kier molecular flexibility index (Phi) is 7.98. The van der Waals surface area contributed by atoms with E-state index >= 15 is 0 Å². The standard InChI is InChI=1S/C18H24F3N5O4/c1-11-9-24-16(25-15(11)13(23-2)3-6-22)29-12-4-7-26(8-5-12)17(28)30-14(10-27)18(19,20)21/h3,6,9,12,14,27H,4-5,7-8,10,22H2,1-2H3/t14-/m1/s1. The maximum Gasteiger partial charge on any atom is 0.427 e. The van der Waals surface area contributed by atoms with Gasteiger partial charge < -0.3 is 25.2 Å². The molecule has 2 rings (SSSR count). The van der Waals surface area contributed by atoms with Crippen LogP contribution in [0.2, 0.25) is 0 Å². The smallest absolute Gasteiger partial charge is 0.427 e. The van der Waals surface area contributed by atoms with Crippen molar-refractivity contribution in [2.45, 2.75) is 38.1 Å². The van der Waals surface area contributed by atoms with Gasteiger partial charge in [0.1, 0.15) is 6.10 Å². The highest BCUT2D eigenvalue weighted by molar-refractivity contribution is 6.08. The lowest BCUT2D eigenvalue weighted by Crippen LogP contribution is -2.46. The minimum Gasteiger partial charge on any atom is -0.460 e. The number of carbonyl (C=O) groups is 1. The monoisotopic (exact) mass is 431 g/mol. The highest BCUT2D eigenvalue weighted by Crippen LogP contribution is 2.24. The number of nitrogens with zero attached hydrogens (tertiary/aromatic N) is 4. The predicted octanol–water partition coefficient (Wildman–Crippen LogP) is 1.58. The summed E-state index contributed by atoms with van der Waals surface area (Å²) >= 11 is 0. The number of ether oxygens (including phenoxy) is 2. The second-order valence-electron chi connectivity index (χ2n) is 6.55. The highest BCUT2D eigenvalue weighted by Gasteiger charge is 2.43. The number of aliphatic hydroxyl groups is 1. The molecule has 1 aromatic rings. The van der Waals surface area contributed by atoms with E-state index < -0.39 is 25.0 Å². The molecule has 1 amide bonds. The van der Waals surface area contributed by atoms with Gasteiger partial charge in [0.25, 0.3) is 0 Å². The molecule has 166 valence electrons. The first-order valence-electron chi connectivity index (χ1n) is 9.18. The Morgan fingerprint density at radius 2 is 2.13 bits per heavy atom. The van der Waals surface area contributed by atoms with Crippen LogP contribution in [0.3, 0.4) is 0 Å². The molecule has 1 atom stereocenters. The van der Waals surface area contributed by atoms with Gasteiger partial charge in [0.15, 0.2) is 0 Å². The first kappa shape index (κ1) is 23.4. The lowest BCUT2D eigenvalue weighted by molar-refractivity contribution is -0.214. The molecule has 1 aliphatic heterocycles. The average Bonchev–Trinajstić information content (AvgIpc) is 2.71. The van der Waals surface area contributed by atoms with Gasteiger partial charge >= 0.3 is 18.3 Å². The summed E-state index contributed by atoms with van der Waals surface area (Å²) in [5.74, 6) is 0. The van der Waals surface area contributed by atoms with Gasteiger partial charge in [0, 0.05) is 39.2 Å². The van der Waals surface area contributed by atoms with Crippen molar-refractivity contribution >= 4 is 11.8 Å². The molecule has 30 heavy (non-hydrogen) atoms. The zero-order chi connectivity index (χ0) is 22.3. The molecule has 3 N–H and O–H groups in total. The SMILES string of the molecule is CN=C(C=CN)c1nc(OC2CCN(C(=O)O[C@H](CO)C(F)(F)F)CC2)ncc1C. The first-order chi connectivity index (χ1) is 14.2. The number of amides is 1. The van der Waals surface area contributed by atoms with Crippen molar-refractivity contribution in [1.29, 1.82) is 0 Å². The number of aliphatic hydroxyl groups excluding tert-OH is 1. The molecule has 0 saturated carbocycles. The molecule has 1 aromatic heterocycles.